The molecule has 0 bridgehead atoms. The summed E-state index contributed by atoms with van der Waals surface area (Å²) in [6, 6.07) is 14.5. The Kier molecular flexibility index (Phi) is 2.77. The number of ketones is 1. The second-order valence-electron chi connectivity index (χ2n) is 6.25. The van der Waals surface area contributed by atoms with Crippen LogP contribution in [0.2, 0.25) is 0 Å². The van der Waals surface area contributed by atoms with Crippen LogP contribution in [0.4, 0.5) is 0 Å². The van der Waals surface area contributed by atoms with Crippen molar-refractivity contribution < 1.29 is 9.53 Å². The van der Waals surface area contributed by atoms with Gasteiger partial charge in [-0.1, -0.05) is 49.0 Å². The Morgan fingerprint density at radius 1 is 1.18 bits per heavy atom. The molecule has 0 N–H and O–H groups in total. The molecular weight excluding hydrogens is 272 g/mol. The van der Waals surface area contributed by atoms with Gasteiger partial charge < -0.3 is 4.74 Å². The van der Waals surface area contributed by atoms with Crippen molar-refractivity contribution >= 4 is 16.6 Å². The number of hydrogen-bond donors (Lipinski definition) is 0. The zero-order chi connectivity index (χ0) is 15.3. The lowest BCUT2D eigenvalue weighted by Crippen LogP contribution is -2.30. The quantitative estimate of drug-likeness (QED) is 0.710. The van der Waals surface area contributed by atoms with E-state index in [1.54, 1.807) is 0 Å². The molecule has 1 fully saturated rings. The highest BCUT2D eigenvalue weighted by Crippen LogP contribution is 2.55. The highest BCUT2D eigenvalue weighted by atomic mass is 16.5. The minimum absolute atomic E-state index is 0.220. The van der Waals surface area contributed by atoms with Crippen LogP contribution in [0.1, 0.15) is 31.4 Å². The first-order chi connectivity index (χ1) is 10.6. The fourth-order valence-electron chi connectivity index (χ4n) is 3.62. The average Bonchev–Trinajstić information content (AvgIpc) is 2.81. The van der Waals surface area contributed by atoms with E-state index in [0.29, 0.717) is 6.42 Å². The summed E-state index contributed by atoms with van der Waals surface area (Å²) in [5.74, 6) is 1.00. The molecule has 1 heterocycles. The summed E-state index contributed by atoms with van der Waals surface area (Å²) < 4.78 is 6.19. The molecule has 1 aliphatic heterocycles. The molecule has 2 atom stereocenters. The van der Waals surface area contributed by atoms with Crippen LogP contribution < -0.4 is 0 Å². The molecule has 0 spiro atoms. The standard InChI is InChI=1S/C20H18O2/c1-13-19(22-18-12-6-11-17(21)20(13,18)2)16-10-5-8-14-7-3-4-9-15(14)16/h3-5,7-10,12,19H,1,6,11H2,2H3/t19-,20+/m0/s1. The van der Waals surface area contributed by atoms with E-state index >= 15 is 0 Å². The highest BCUT2D eigenvalue weighted by Gasteiger charge is 2.51. The van der Waals surface area contributed by atoms with Crippen LogP contribution in [-0.4, -0.2) is 5.78 Å². The Hall–Kier alpha value is -2.35. The molecule has 2 aromatic rings. The van der Waals surface area contributed by atoms with Gasteiger partial charge >= 0.3 is 0 Å². The molecule has 110 valence electrons. The van der Waals surface area contributed by atoms with Gasteiger partial charge in [-0.15, -0.1) is 0 Å². The van der Waals surface area contributed by atoms with Crippen LogP contribution >= 0.6 is 0 Å². The number of Topliss-reactive ketones (excluding diaryl/α,β-unsaturated/α-hetero) is 1. The summed E-state index contributed by atoms with van der Waals surface area (Å²) in [4.78, 5) is 12.5. The Morgan fingerprint density at radius 3 is 2.77 bits per heavy atom. The lowest BCUT2D eigenvalue weighted by atomic mass is 9.72. The predicted octanol–water partition coefficient (Wildman–Crippen LogP) is 4.72. The molecule has 2 aromatic carbocycles. The lowest BCUT2D eigenvalue weighted by Gasteiger charge is -2.26. The van der Waals surface area contributed by atoms with E-state index in [4.69, 9.17) is 4.74 Å². The van der Waals surface area contributed by atoms with Gasteiger partial charge in [-0.25, -0.2) is 0 Å². The van der Waals surface area contributed by atoms with Crippen LogP contribution in [0.25, 0.3) is 10.8 Å². The Balaban J connectivity index is 1.88. The number of allylic oxidation sites excluding steroid dienone is 2. The largest absolute Gasteiger partial charge is 0.485 e. The van der Waals surface area contributed by atoms with Gasteiger partial charge in [-0.3, -0.25) is 4.79 Å². The molecule has 0 radical (unpaired) electrons. The van der Waals surface area contributed by atoms with E-state index < -0.39 is 5.41 Å². The van der Waals surface area contributed by atoms with E-state index in [-0.39, 0.29) is 11.9 Å². The molecule has 22 heavy (non-hydrogen) atoms. The van der Waals surface area contributed by atoms with Gasteiger partial charge in [0.2, 0.25) is 0 Å². The van der Waals surface area contributed by atoms with Crippen molar-refractivity contribution in [3.63, 3.8) is 0 Å². The van der Waals surface area contributed by atoms with Crippen molar-refractivity contribution in [2.45, 2.75) is 25.9 Å². The normalized spacial score (nSPS) is 27.5. The summed E-state index contributed by atoms with van der Waals surface area (Å²) in [6.45, 7) is 6.19. The van der Waals surface area contributed by atoms with E-state index in [0.717, 1.165) is 28.7 Å². The van der Waals surface area contributed by atoms with Gasteiger partial charge in [0.25, 0.3) is 0 Å². The number of carbonyl (C=O) groups excluding carboxylic acids is 1. The Morgan fingerprint density at radius 2 is 1.95 bits per heavy atom. The predicted molar refractivity (Wildman–Crippen MR) is 87.3 cm³/mol. The number of fused-ring (bicyclic) bond motifs is 2. The summed E-state index contributed by atoms with van der Waals surface area (Å²) in [6.07, 6.45) is 3.14. The van der Waals surface area contributed by atoms with Gasteiger partial charge in [-0.05, 0) is 35.8 Å². The second-order valence-corrected chi connectivity index (χ2v) is 6.25. The minimum atomic E-state index is -0.653. The van der Waals surface area contributed by atoms with Gasteiger partial charge in [0.15, 0.2) is 5.78 Å². The zero-order valence-electron chi connectivity index (χ0n) is 12.6. The van der Waals surface area contributed by atoms with E-state index in [2.05, 4.69) is 36.9 Å². The van der Waals surface area contributed by atoms with Crippen molar-refractivity contribution in [3.05, 3.63) is 72.0 Å². The van der Waals surface area contributed by atoms with E-state index in [1.807, 2.05) is 25.1 Å². The molecule has 1 saturated heterocycles. The van der Waals surface area contributed by atoms with E-state index in [9.17, 15) is 4.79 Å². The number of ether oxygens (including phenoxy) is 1. The summed E-state index contributed by atoms with van der Waals surface area (Å²) in [7, 11) is 0. The molecule has 0 aromatic heterocycles. The van der Waals surface area contributed by atoms with Crippen LogP contribution in [0.15, 0.2) is 66.5 Å². The smallest absolute Gasteiger partial charge is 0.150 e. The van der Waals surface area contributed by atoms with Crippen LogP contribution in [-0.2, 0) is 9.53 Å². The van der Waals surface area contributed by atoms with Crippen molar-refractivity contribution in [3.8, 4) is 0 Å². The topological polar surface area (TPSA) is 26.3 Å². The Bertz CT molecular complexity index is 825. The number of carbonyl (C=O) groups is 1. The number of hydrogen-bond acceptors (Lipinski definition) is 2. The summed E-state index contributed by atoms with van der Waals surface area (Å²) in [5, 5.41) is 2.34. The van der Waals surface area contributed by atoms with Crippen LogP contribution in [0, 0.1) is 5.41 Å². The van der Waals surface area contributed by atoms with Crippen molar-refractivity contribution in [1.29, 1.82) is 0 Å². The minimum Gasteiger partial charge on any atom is -0.485 e. The first kappa shape index (κ1) is 13.3. The third kappa shape index (κ3) is 1.64. The number of benzene rings is 2. The van der Waals surface area contributed by atoms with Gasteiger partial charge in [-0.2, -0.15) is 0 Å². The maximum absolute atomic E-state index is 12.5. The SMILES string of the molecule is C=C1[C@@H](c2cccc3ccccc23)OC2=CCCC(=O)[C@@]12C. The molecule has 2 aliphatic rings. The molecule has 0 unspecified atom stereocenters. The fraction of sp³-hybridized carbons (Fsp3) is 0.250. The third-order valence-electron chi connectivity index (χ3n) is 5.06. The Labute approximate surface area is 130 Å². The molecular formula is C20H18O2. The van der Waals surface area contributed by atoms with Crippen molar-refractivity contribution in [2.24, 2.45) is 5.41 Å². The maximum atomic E-state index is 12.5. The molecule has 2 nitrogen and oxygen atoms in total. The van der Waals surface area contributed by atoms with Gasteiger partial charge in [0.1, 0.15) is 17.3 Å². The summed E-state index contributed by atoms with van der Waals surface area (Å²) in [5.41, 5.74) is 1.30. The zero-order valence-corrected chi connectivity index (χ0v) is 12.6. The molecule has 2 heteroatoms. The molecule has 0 saturated carbocycles. The second kappa shape index (κ2) is 4.57. The lowest BCUT2D eigenvalue weighted by molar-refractivity contribution is -0.125. The van der Waals surface area contributed by atoms with E-state index in [1.165, 1.54) is 5.39 Å². The highest BCUT2D eigenvalue weighted by molar-refractivity contribution is 5.93. The van der Waals surface area contributed by atoms with Crippen LogP contribution in [0.3, 0.4) is 0 Å². The molecule has 4 rings (SSSR count). The first-order valence-electron chi connectivity index (χ1n) is 7.70. The molecule has 0 amide bonds. The average molecular weight is 290 g/mol. The summed E-state index contributed by atoms with van der Waals surface area (Å²) >= 11 is 0. The fourth-order valence-corrected chi connectivity index (χ4v) is 3.62. The monoisotopic (exact) mass is 290 g/mol. The maximum Gasteiger partial charge on any atom is 0.150 e. The molecule has 1 aliphatic carbocycles. The van der Waals surface area contributed by atoms with Gasteiger partial charge in [0.05, 0.1) is 0 Å². The first-order valence-corrected chi connectivity index (χ1v) is 7.70. The van der Waals surface area contributed by atoms with Gasteiger partial charge in [0, 0.05) is 12.0 Å². The van der Waals surface area contributed by atoms with Crippen LogP contribution in [0.5, 0.6) is 0 Å². The van der Waals surface area contributed by atoms with Crippen molar-refractivity contribution in [1.82, 2.24) is 0 Å². The number of rotatable bonds is 1. The third-order valence-corrected chi connectivity index (χ3v) is 5.06. The van der Waals surface area contributed by atoms with Crippen molar-refractivity contribution in [2.75, 3.05) is 0 Å².